The molecule has 0 spiro atoms. The van der Waals surface area contributed by atoms with E-state index >= 15 is 0 Å². The summed E-state index contributed by atoms with van der Waals surface area (Å²) in [5, 5.41) is 18.4. The quantitative estimate of drug-likeness (QED) is 0.147. The zero-order valence-corrected chi connectivity index (χ0v) is 29.5. The lowest BCUT2D eigenvalue weighted by Crippen LogP contribution is -2.56. The van der Waals surface area contributed by atoms with Gasteiger partial charge in [0.05, 0.1) is 18.1 Å². The van der Waals surface area contributed by atoms with E-state index in [9.17, 15) is 19.5 Å². The van der Waals surface area contributed by atoms with Crippen LogP contribution in [0.1, 0.15) is 59.6 Å². The molecule has 4 aromatic carbocycles. The third-order valence-corrected chi connectivity index (χ3v) is 9.35. The summed E-state index contributed by atoms with van der Waals surface area (Å²) in [7, 11) is 0. The van der Waals surface area contributed by atoms with Crippen LogP contribution in [0.25, 0.3) is 0 Å². The van der Waals surface area contributed by atoms with E-state index < -0.39 is 41.0 Å². The first-order valence-electron chi connectivity index (χ1n) is 16.4. The highest BCUT2D eigenvalue weighted by molar-refractivity contribution is 6.30. The Morgan fingerprint density at radius 2 is 1.41 bits per heavy atom. The van der Waals surface area contributed by atoms with Crippen molar-refractivity contribution in [3.05, 3.63) is 117 Å². The van der Waals surface area contributed by atoms with Crippen LogP contribution >= 0.6 is 11.6 Å². The van der Waals surface area contributed by atoms with Crippen molar-refractivity contribution >= 4 is 40.6 Å². The standard InChI is InChI=1S/C40H43ClN2O6/c1-7-48-34-20-28(14-17-33(34)49-22-27-12-15-29(41)16-13-27)35-36(38(45)42-30-18-23(2)8-10-25(30)4)32(44)21-40(6,47)37(35)39(46)43-31-19-24(3)9-11-26(31)5/h8-20,35-37,47H,7,21-22H2,1-6H3,(H,42,45)(H,43,46). The van der Waals surface area contributed by atoms with Crippen molar-refractivity contribution in [3.8, 4) is 11.5 Å². The van der Waals surface area contributed by atoms with E-state index in [1.165, 1.54) is 6.92 Å². The molecule has 1 aliphatic carbocycles. The van der Waals surface area contributed by atoms with Gasteiger partial charge in [-0.3, -0.25) is 14.4 Å². The van der Waals surface area contributed by atoms with Crippen molar-refractivity contribution in [1.82, 2.24) is 0 Å². The van der Waals surface area contributed by atoms with E-state index in [0.29, 0.717) is 40.1 Å². The minimum atomic E-state index is -1.77. The number of aliphatic hydroxyl groups is 1. The Bertz CT molecular complexity index is 1870. The van der Waals surface area contributed by atoms with Gasteiger partial charge in [0.15, 0.2) is 11.5 Å². The number of hydrogen-bond donors (Lipinski definition) is 3. The van der Waals surface area contributed by atoms with E-state index in [4.69, 9.17) is 21.1 Å². The number of aryl methyl sites for hydroxylation is 4. The molecule has 0 aromatic heterocycles. The summed E-state index contributed by atoms with van der Waals surface area (Å²) < 4.78 is 12.1. The number of rotatable bonds is 10. The zero-order chi connectivity index (χ0) is 35.5. The molecule has 3 N–H and O–H groups in total. The molecule has 0 heterocycles. The third-order valence-electron chi connectivity index (χ3n) is 9.09. The molecule has 0 radical (unpaired) electrons. The number of Topliss-reactive ketones (excluding diaryl/α,β-unsaturated/α-hetero) is 1. The number of benzene rings is 4. The molecule has 49 heavy (non-hydrogen) atoms. The molecule has 1 aliphatic rings. The fourth-order valence-corrected chi connectivity index (χ4v) is 6.64. The molecule has 1 fully saturated rings. The number of ketones is 1. The van der Waals surface area contributed by atoms with Gasteiger partial charge in [0.1, 0.15) is 18.3 Å². The van der Waals surface area contributed by atoms with Gasteiger partial charge in [-0.25, -0.2) is 0 Å². The van der Waals surface area contributed by atoms with E-state index in [-0.39, 0.29) is 13.0 Å². The van der Waals surface area contributed by atoms with Crippen molar-refractivity contribution in [2.24, 2.45) is 11.8 Å². The van der Waals surface area contributed by atoms with Gasteiger partial charge < -0.3 is 25.2 Å². The summed E-state index contributed by atoms with van der Waals surface area (Å²) in [6.45, 7) is 11.5. The molecule has 1 saturated carbocycles. The van der Waals surface area contributed by atoms with Crippen LogP contribution in [0, 0.1) is 39.5 Å². The predicted octanol–water partition coefficient (Wildman–Crippen LogP) is 7.87. The maximum atomic E-state index is 14.3. The number of amides is 2. The molecule has 8 nitrogen and oxygen atoms in total. The van der Waals surface area contributed by atoms with Crippen LogP contribution in [-0.2, 0) is 21.0 Å². The summed E-state index contributed by atoms with van der Waals surface area (Å²) in [6.07, 6.45) is -0.375. The van der Waals surface area contributed by atoms with Crippen LogP contribution < -0.4 is 20.1 Å². The Hall–Kier alpha value is -4.66. The lowest BCUT2D eigenvalue weighted by Gasteiger charge is -2.44. The first kappa shape index (κ1) is 35.6. The Balaban J connectivity index is 1.59. The van der Waals surface area contributed by atoms with Crippen molar-refractivity contribution < 1.29 is 29.0 Å². The molecule has 5 rings (SSSR count). The van der Waals surface area contributed by atoms with Gasteiger partial charge in [0.25, 0.3) is 0 Å². The van der Waals surface area contributed by atoms with Crippen LogP contribution in [0.3, 0.4) is 0 Å². The normalized spacial score (nSPS) is 20.4. The van der Waals surface area contributed by atoms with Gasteiger partial charge in [-0.2, -0.15) is 0 Å². The van der Waals surface area contributed by atoms with Gasteiger partial charge in [0.2, 0.25) is 11.8 Å². The summed E-state index contributed by atoms with van der Waals surface area (Å²) in [6, 6.07) is 23.8. The van der Waals surface area contributed by atoms with E-state index in [1.807, 2.05) is 83.1 Å². The molecule has 256 valence electrons. The average molecular weight is 683 g/mol. The zero-order valence-electron chi connectivity index (χ0n) is 28.7. The van der Waals surface area contributed by atoms with Crippen molar-refractivity contribution in [1.29, 1.82) is 0 Å². The highest BCUT2D eigenvalue weighted by Gasteiger charge is 2.56. The van der Waals surface area contributed by atoms with Gasteiger partial charge in [-0.15, -0.1) is 0 Å². The Kier molecular flexibility index (Phi) is 10.8. The molecule has 4 atom stereocenters. The summed E-state index contributed by atoms with van der Waals surface area (Å²) in [5.74, 6) is -4.20. The molecule has 4 aromatic rings. The molecule has 2 amide bonds. The lowest BCUT2D eigenvalue weighted by molar-refractivity contribution is -0.150. The maximum absolute atomic E-state index is 14.3. The molecule has 9 heteroatoms. The summed E-state index contributed by atoms with van der Waals surface area (Å²) >= 11 is 6.04. The molecular formula is C40H43ClN2O6. The van der Waals surface area contributed by atoms with E-state index in [2.05, 4.69) is 10.6 Å². The number of hydrogen-bond acceptors (Lipinski definition) is 6. The monoisotopic (exact) mass is 682 g/mol. The first-order valence-corrected chi connectivity index (χ1v) is 16.8. The number of nitrogens with one attached hydrogen (secondary N) is 2. The summed E-state index contributed by atoms with van der Waals surface area (Å²) in [4.78, 5) is 42.5. The van der Waals surface area contributed by atoms with Crippen LogP contribution in [0.5, 0.6) is 11.5 Å². The van der Waals surface area contributed by atoms with E-state index in [1.54, 1.807) is 30.3 Å². The second kappa shape index (κ2) is 14.8. The highest BCUT2D eigenvalue weighted by atomic mass is 35.5. The smallest absolute Gasteiger partial charge is 0.235 e. The fourth-order valence-electron chi connectivity index (χ4n) is 6.52. The molecule has 0 bridgehead atoms. The average Bonchev–Trinajstić information content (AvgIpc) is 3.04. The second-order valence-corrected chi connectivity index (χ2v) is 13.6. The number of anilines is 2. The van der Waals surface area contributed by atoms with Crippen LogP contribution in [0.15, 0.2) is 78.9 Å². The minimum Gasteiger partial charge on any atom is -0.490 e. The molecular weight excluding hydrogens is 640 g/mol. The molecule has 4 unspecified atom stereocenters. The van der Waals surface area contributed by atoms with Crippen molar-refractivity contribution in [2.75, 3.05) is 17.2 Å². The number of carbonyl (C=O) groups excluding carboxylic acids is 3. The van der Waals surface area contributed by atoms with Gasteiger partial charge >= 0.3 is 0 Å². The Morgan fingerprint density at radius 1 is 0.816 bits per heavy atom. The Morgan fingerprint density at radius 3 is 2.00 bits per heavy atom. The second-order valence-electron chi connectivity index (χ2n) is 13.2. The predicted molar refractivity (Wildman–Crippen MR) is 192 cm³/mol. The van der Waals surface area contributed by atoms with Crippen LogP contribution in [-0.4, -0.2) is 34.9 Å². The topological polar surface area (TPSA) is 114 Å². The fraction of sp³-hybridized carbons (Fsp3) is 0.325. The van der Waals surface area contributed by atoms with Gasteiger partial charge in [-0.1, -0.05) is 54.1 Å². The number of carbonyl (C=O) groups is 3. The SMILES string of the molecule is CCOc1cc(C2C(C(=O)Nc3cc(C)ccc3C)C(=O)CC(C)(O)C2C(=O)Nc2cc(C)ccc2C)ccc1OCc1ccc(Cl)cc1. The van der Waals surface area contributed by atoms with Crippen LogP contribution in [0.2, 0.25) is 5.02 Å². The first-order chi connectivity index (χ1) is 23.3. The maximum Gasteiger partial charge on any atom is 0.235 e. The van der Waals surface area contributed by atoms with Crippen molar-refractivity contribution in [2.45, 2.75) is 66.1 Å². The number of halogens is 1. The minimum absolute atomic E-state index is 0.245. The third kappa shape index (κ3) is 8.15. The van der Waals surface area contributed by atoms with Crippen LogP contribution in [0.4, 0.5) is 11.4 Å². The largest absolute Gasteiger partial charge is 0.490 e. The molecule has 0 aliphatic heterocycles. The highest BCUT2D eigenvalue weighted by Crippen LogP contribution is 2.48. The lowest BCUT2D eigenvalue weighted by atomic mass is 9.61. The number of ether oxygens (including phenoxy) is 2. The Labute approximate surface area is 292 Å². The van der Waals surface area contributed by atoms with E-state index in [0.717, 1.165) is 27.8 Å². The summed E-state index contributed by atoms with van der Waals surface area (Å²) in [5.41, 5.74) is 4.34. The van der Waals surface area contributed by atoms with Crippen molar-refractivity contribution in [3.63, 3.8) is 0 Å². The van der Waals surface area contributed by atoms with Gasteiger partial charge in [0, 0.05) is 28.7 Å². The van der Waals surface area contributed by atoms with Gasteiger partial charge in [-0.05, 0) is 111 Å². The molecule has 0 saturated heterocycles.